The molecule has 0 aliphatic heterocycles. The molecule has 3 amide bonds. The van der Waals surface area contributed by atoms with Crippen LogP contribution in [0.15, 0.2) is 131 Å². The average molecular weight is 650 g/mol. The average Bonchev–Trinajstić information content (AvgIpc) is 3.61. The quantitative estimate of drug-likeness (QED) is 0.0948. The number of nitrogens with one attached hydrogen (secondary N) is 3. The van der Waals surface area contributed by atoms with Crippen LogP contribution in [0.3, 0.4) is 0 Å². The van der Waals surface area contributed by atoms with Crippen molar-refractivity contribution < 1.29 is 23.9 Å². The van der Waals surface area contributed by atoms with Crippen molar-refractivity contribution in [2.75, 3.05) is 24.9 Å². The molecule has 0 spiro atoms. The zero-order valence-corrected chi connectivity index (χ0v) is 26.7. The minimum atomic E-state index is -0.577. The highest BCUT2D eigenvalue weighted by Crippen LogP contribution is 2.37. The van der Waals surface area contributed by atoms with E-state index in [1.54, 1.807) is 74.9 Å². The lowest BCUT2D eigenvalue weighted by Crippen LogP contribution is -2.30. The van der Waals surface area contributed by atoms with Crippen LogP contribution < -0.4 is 25.4 Å². The molecule has 5 aromatic rings. The normalized spacial score (nSPS) is 11.7. The van der Waals surface area contributed by atoms with Crippen molar-refractivity contribution in [3.63, 3.8) is 0 Å². The van der Waals surface area contributed by atoms with Gasteiger partial charge in [-0.25, -0.2) is 0 Å². The van der Waals surface area contributed by atoms with Gasteiger partial charge in [-0.2, -0.15) is 0 Å². The second-order valence-electron chi connectivity index (χ2n) is 9.87. The Labute approximate surface area is 275 Å². The number of thiophene rings is 1. The van der Waals surface area contributed by atoms with Gasteiger partial charge >= 0.3 is 0 Å². The summed E-state index contributed by atoms with van der Waals surface area (Å²) < 4.78 is 10.7. The van der Waals surface area contributed by atoms with Crippen LogP contribution in [0.2, 0.25) is 0 Å². The molecule has 1 heterocycles. The first-order chi connectivity index (χ1) is 22.4. The summed E-state index contributed by atoms with van der Waals surface area (Å²) in [6.45, 7) is 0. The van der Waals surface area contributed by atoms with E-state index < -0.39 is 11.2 Å². The van der Waals surface area contributed by atoms with Crippen molar-refractivity contribution in [1.82, 2.24) is 5.32 Å². The predicted molar refractivity (Wildman–Crippen MR) is 184 cm³/mol. The van der Waals surface area contributed by atoms with E-state index in [2.05, 4.69) is 16.0 Å². The zero-order chi connectivity index (χ0) is 32.3. The molecule has 0 aliphatic carbocycles. The number of anilines is 2. The SMILES string of the molecule is COc1cc(NC(=O)C(Sc2ccc(NC(=O)/C(=C/c3cccs3)NC(=O)c3ccccc3)cc2)c2ccccc2)cc(OC)c1. The first-order valence-electron chi connectivity index (χ1n) is 14.2. The third-order valence-corrected chi connectivity index (χ3v) is 8.77. The monoisotopic (exact) mass is 649 g/mol. The molecule has 0 radical (unpaired) electrons. The van der Waals surface area contributed by atoms with Crippen LogP contribution in [0.4, 0.5) is 11.4 Å². The third-order valence-electron chi connectivity index (χ3n) is 6.68. The number of methoxy groups -OCH3 is 2. The first-order valence-corrected chi connectivity index (χ1v) is 16.0. The van der Waals surface area contributed by atoms with Gasteiger partial charge in [0.25, 0.3) is 11.8 Å². The molecule has 46 heavy (non-hydrogen) atoms. The van der Waals surface area contributed by atoms with Gasteiger partial charge < -0.3 is 25.4 Å². The minimum Gasteiger partial charge on any atom is -0.497 e. The molecule has 1 aromatic heterocycles. The summed E-state index contributed by atoms with van der Waals surface area (Å²) in [6, 6.07) is 34.3. The molecule has 4 aromatic carbocycles. The summed E-state index contributed by atoms with van der Waals surface area (Å²) in [5.41, 5.74) is 2.46. The fourth-order valence-corrected chi connectivity index (χ4v) is 6.08. The van der Waals surface area contributed by atoms with E-state index in [1.165, 1.54) is 23.1 Å². The van der Waals surface area contributed by atoms with Crippen LogP contribution in [0.25, 0.3) is 6.08 Å². The van der Waals surface area contributed by atoms with Gasteiger partial charge in [0.2, 0.25) is 5.91 Å². The molecule has 232 valence electrons. The molecule has 0 aliphatic rings. The van der Waals surface area contributed by atoms with Gasteiger partial charge in [-0.1, -0.05) is 54.6 Å². The molecule has 0 saturated heterocycles. The lowest BCUT2D eigenvalue weighted by Gasteiger charge is -2.18. The highest BCUT2D eigenvalue weighted by atomic mass is 32.2. The van der Waals surface area contributed by atoms with Crippen LogP contribution in [-0.4, -0.2) is 31.9 Å². The van der Waals surface area contributed by atoms with E-state index in [-0.39, 0.29) is 17.5 Å². The van der Waals surface area contributed by atoms with Crippen molar-refractivity contribution in [2.45, 2.75) is 10.1 Å². The van der Waals surface area contributed by atoms with Crippen molar-refractivity contribution in [3.05, 3.63) is 142 Å². The first kappa shape index (κ1) is 32.1. The fourth-order valence-electron chi connectivity index (χ4n) is 4.40. The second kappa shape index (κ2) is 15.6. The summed E-state index contributed by atoms with van der Waals surface area (Å²) in [7, 11) is 3.10. The largest absolute Gasteiger partial charge is 0.497 e. The Morgan fingerprint density at radius 2 is 1.39 bits per heavy atom. The maximum absolute atomic E-state index is 13.6. The number of hydrogen-bond donors (Lipinski definition) is 3. The Hall–Kier alpha value is -5.32. The van der Waals surface area contributed by atoms with E-state index in [0.29, 0.717) is 28.4 Å². The van der Waals surface area contributed by atoms with Crippen molar-refractivity contribution in [3.8, 4) is 11.5 Å². The Morgan fingerprint density at radius 3 is 2.00 bits per heavy atom. The number of benzene rings is 4. The topological polar surface area (TPSA) is 106 Å². The molecule has 0 bridgehead atoms. The number of carbonyl (C=O) groups is 3. The van der Waals surface area contributed by atoms with Crippen LogP contribution in [0, 0.1) is 0 Å². The highest BCUT2D eigenvalue weighted by molar-refractivity contribution is 8.00. The van der Waals surface area contributed by atoms with Crippen molar-refractivity contribution in [2.24, 2.45) is 0 Å². The highest BCUT2D eigenvalue weighted by Gasteiger charge is 2.23. The van der Waals surface area contributed by atoms with Gasteiger partial charge in [0.15, 0.2) is 0 Å². The van der Waals surface area contributed by atoms with Gasteiger partial charge in [-0.15, -0.1) is 23.1 Å². The lowest BCUT2D eigenvalue weighted by atomic mass is 10.1. The zero-order valence-electron chi connectivity index (χ0n) is 25.1. The summed E-state index contributed by atoms with van der Waals surface area (Å²) in [4.78, 5) is 41.5. The second-order valence-corrected chi connectivity index (χ2v) is 12.0. The third kappa shape index (κ3) is 8.65. The van der Waals surface area contributed by atoms with E-state index in [9.17, 15) is 14.4 Å². The van der Waals surface area contributed by atoms with Crippen LogP contribution in [0.5, 0.6) is 11.5 Å². The summed E-state index contributed by atoms with van der Waals surface area (Å²) in [5, 5.41) is 9.93. The smallest absolute Gasteiger partial charge is 0.272 e. The Kier molecular flexibility index (Phi) is 10.9. The van der Waals surface area contributed by atoms with E-state index in [1.807, 2.05) is 66.0 Å². The van der Waals surface area contributed by atoms with Crippen molar-refractivity contribution >= 4 is 58.3 Å². The standard InChI is InChI=1S/C36H31N3O5S2/c1-43-28-20-27(21-29(22-28)44-2)38-36(42)33(24-10-5-3-6-11-24)46-30-17-15-26(16-18-30)37-35(41)32(23-31-14-9-19-45-31)39-34(40)25-12-7-4-8-13-25/h3-23,33H,1-2H3,(H,37,41)(H,38,42)(H,39,40)/b32-23-. The number of amides is 3. The molecule has 1 atom stereocenters. The minimum absolute atomic E-state index is 0.116. The molecule has 5 rings (SSSR count). The number of thioether (sulfide) groups is 1. The number of carbonyl (C=O) groups excluding carboxylic acids is 3. The Bertz CT molecular complexity index is 1790. The maximum atomic E-state index is 13.6. The van der Waals surface area contributed by atoms with Crippen LogP contribution in [-0.2, 0) is 9.59 Å². The van der Waals surface area contributed by atoms with Crippen LogP contribution >= 0.6 is 23.1 Å². The van der Waals surface area contributed by atoms with Gasteiger partial charge in [0.05, 0.1) is 14.2 Å². The Morgan fingerprint density at radius 1 is 0.739 bits per heavy atom. The number of rotatable bonds is 12. The van der Waals surface area contributed by atoms with E-state index in [0.717, 1.165) is 15.3 Å². The van der Waals surface area contributed by atoms with E-state index >= 15 is 0 Å². The van der Waals surface area contributed by atoms with Crippen LogP contribution in [0.1, 0.15) is 26.0 Å². The molecule has 8 nitrogen and oxygen atoms in total. The predicted octanol–water partition coefficient (Wildman–Crippen LogP) is 7.65. The van der Waals surface area contributed by atoms with Gasteiger partial charge in [0.1, 0.15) is 22.4 Å². The van der Waals surface area contributed by atoms with Gasteiger partial charge in [0, 0.05) is 44.9 Å². The fraction of sp³-hybridized carbons (Fsp3) is 0.0833. The summed E-state index contributed by atoms with van der Waals surface area (Å²) in [5.74, 6) is 0.0473. The number of ether oxygens (including phenoxy) is 2. The van der Waals surface area contributed by atoms with Gasteiger partial charge in [-0.3, -0.25) is 14.4 Å². The molecule has 1 unspecified atom stereocenters. The molecular formula is C36H31N3O5S2. The van der Waals surface area contributed by atoms with Crippen molar-refractivity contribution in [1.29, 1.82) is 0 Å². The molecule has 0 fully saturated rings. The molecule has 10 heteroatoms. The summed E-state index contributed by atoms with van der Waals surface area (Å²) in [6.07, 6.45) is 1.64. The molecule has 3 N–H and O–H groups in total. The number of hydrogen-bond acceptors (Lipinski definition) is 7. The Balaban J connectivity index is 1.31. The summed E-state index contributed by atoms with van der Waals surface area (Å²) >= 11 is 2.83. The molecular weight excluding hydrogens is 619 g/mol. The van der Waals surface area contributed by atoms with Gasteiger partial charge in [-0.05, 0) is 59.5 Å². The van der Waals surface area contributed by atoms with E-state index in [4.69, 9.17) is 9.47 Å². The maximum Gasteiger partial charge on any atom is 0.272 e. The lowest BCUT2D eigenvalue weighted by molar-refractivity contribution is -0.116. The molecule has 0 saturated carbocycles.